The molecule has 0 saturated heterocycles. The fourth-order valence-corrected chi connectivity index (χ4v) is 2.38. The Hall–Kier alpha value is -1.55. The van der Waals surface area contributed by atoms with Crippen LogP contribution in [0.25, 0.3) is 0 Å². The molecule has 4 heteroatoms. The first-order chi connectivity index (χ1) is 9.93. The summed E-state index contributed by atoms with van der Waals surface area (Å²) in [6.07, 6.45) is 3.20. The summed E-state index contributed by atoms with van der Waals surface area (Å²) in [6.45, 7) is 3.10. The Morgan fingerprint density at radius 1 is 1.19 bits per heavy atom. The van der Waals surface area contributed by atoms with Crippen molar-refractivity contribution in [2.24, 2.45) is 0 Å². The van der Waals surface area contributed by atoms with Gasteiger partial charge in [0.1, 0.15) is 0 Å². The van der Waals surface area contributed by atoms with E-state index in [4.69, 9.17) is 5.11 Å². The van der Waals surface area contributed by atoms with Crippen LogP contribution < -0.4 is 4.90 Å². The summed E-state index contributed by atoms with van der Waals surface area (Å²) in [5, 5.41) is 9.12. The van der Waals surface area contributed by atoms with Gasteiger partial charge in [0.2, 0.25) is 0 Å². The Kier molecular flexibility index (Phi) is 7.23. The van der Waals surface area contributed by atoms with Gasteiger partial charge in [-0.2, -0.15) is 0 Å². The van der Waals surface area contributed by atoms with E-state index in [1.165, 1.54) is 5.56 Å². The SMILES string of the molecule is CCCCN(C)C(CC(=O)O)Cc1ccc(N(C)C)cc1. The summed E-state index contributed by atoms with van der Waals surface area (Å²) in [5.41, 5.74) is 2.35. The molecule has 4 nitrogen and oxygen atoms in total. The maximum absolute atomic E-state index is 11.1. The maximum Gasteiger partial charge on any atom is 0.304 e. The van der Waals surface area contributed by atoms with Crippen molar-refractivity contribution in [2.75, 3.05) is 32.6 Å². The molecule has 0 saturated carbocycles. The summed E-state index contributed by atoms with van der Waals surface area (Å²) in [7, 11) is 6.05. The number of carbonyl (C=O) groups is 1. The van der Waals surface area contributed by atoms with Gasteiger partial charge in [0, 0.05) is 25.8 Å². The highest BCUT2D eigenvalue weighted by atomic mass is 16.4. The number of rotatable bonds is 9. The highest BCUT2D eigenvalue weighted by Gasteiger charge is 2.18. The van der Waals surface area contributed by atoms with Crippen LogP contribution in [0.3, 0.4) is 0 Å². The molecule has 0 aliphatic rings. The minimum absolute atomic E-state index is 0.0549. The van der Waals surface area contributed by atoms with E-state index in [1.807, 2.05) is 21.1 Å². The zero-order valence-corrected chi connectivity index (χ0v) is 13.7. The minimum Gasteiger partial charge on any atom is -0.481 e. The molecule has 1 rings (SSSR count). The lowest BCUT2D eigenvalue weighted by atomic mass is 10.0. The first-order valence-corrected chi connectivity index (χ1v) is 7.62. The van der Waals surface area contributed by atoms with Crippen molar-refractivity contribution < 1.29 is 9.90 Å². The highest BCUT2D eigenvalue weighted by Crippen LogP contribution is 2.16. The summed E-state index contributed by atoms with van der Waals surface area (Å²) >= 11 is 0. The summed E-state index contributed by atoms with van der Waals surface area (Å²) in [4.78, 5) is 15.3. The van der Waals surface area contributed by atoms with Crippen molar-refractivity contribution in [2.45, 2.75) is 38.6 Å². The van der Waals surface area contributed by atoms with Crippen molar-refractivity contribution in [3.63, 3.8) is 0 Å². The van der Waals surface area contributed by atoms with Gasteiger partial charge in [-0.25, -0.2) is 0 Å². The Morgan fingerprint density at radius 3 is 2.29 bits per heavy atom. The van der Waals surface area contributed by atoms with Gasteiger partial charge in [-0.3, -0.25) is 4.79 Å². The van der Waals surface area contributed by atoms with E-state index < -0.39 is 5.97 Å². The lowest BCUT2D eigenvalue weighted by Gasteiger charge is -2.27. The van der Waals surface area contributed by atoms with Crippen LogP contribution in [0, 0.1) is 0 Å². The third kappa shape index (κ3) is 6.17. The second-order valence-electron chi connectivity index (χ2n) is 5.85. The molecule has 1 aromatic rings. The monoisotopic (exact) mass is 292 g/mol. The predicted molar refractivity (Wildman–Crippen MR) is 88.1 cm³/mol. The molecule has 1 unspecified atom stereocenters. The molecule has 0 heterocycles. The topological polar surface area (TPSA) is 43.8 Å². The number of nitrogens with zero attached hydrogens (tertiary/aromatic N) is 2. The molecular formula is C17H28N2O2. The second-order valence-corrected chi connectivity index (χ2v) is 5.85. The van der Waals surface area contributed by atoms with Crippen LogP contribution >= 0.6 is 0 Å². The van der Waals surface area contributed by atoms with Crippen LogP contribution in [-0.4, -0.2) is 49.7 Å². The molecule has 0 bridgehead atoms. The molecule has 0 spiro atoms. The summed E-state index contributed by atoms with van der Waals surface area (Å²) in [5.74, 6) is -0.728. The van der Waals surface area contributed by atoms with Crippen LogP contribution in [0.4, 0.5) is 5.69 Å². The molecule has 0 aliphatic heterocycles. The van der Waals surface area contributed by atoms with Crippen LogP contribution in [0.15, 0.2) is 24.3 Å². The quantitative estimate of drug-likeness (QED) is 0.760. The molecule has 0 aromatic heterocycles. The van der Waals surface area contributed by atoms with Gasteiger partial charge in [0.15, 0.2) is 0 Å². The van der Waals surface area contributed by atoms with Crippen LogP contribution in [0.1, 0.15) is 31.7 Å². The van der Waals surface area contributed by atoms with Crippen molar-refractivity contribution in [3.8, 4) is 0 Å². The molecule has 0 amide bonds. The summed E-state index contributed by atoms with van der Waals surface area (Å²) in [6, 6.07) is 8.41. The zero-order chi connectivity index (χ0) is 15.8. The maximum atomic E-state index is 11.1. The van der Waals surface area contributed by atoms with Crippen molar-refractivity contribution in [1.82, 2.24) is 4.90 Å². The average molecular weight is 292 g/mol. The standard InChI is InChI=1S/C17H28N2O2/c1-5-6-11-19(4)16(13-17(20)21)12-14-7-9-15(10-8-14)18(2)3/h7-10,16H,5-6,11-13H2,1-4H3,(H,20,21). The van der Waals surface area contributed by atoms with E-state index in [0.29, 0.717) is 0 Å². The van der Waals surface area contributed by atoms with E-state index in [-0.39, 0.29) is 12.5 Å². The van der Waals surface area contributed by atoms with Crippen molar-refractivity contribution >= 4 is 11.7 Å². The number of likely N-dealkylation sites (N-methyl/N-ethyl adjacent to an activating group) is 1. The van der Waals surface area contributed by atoms with Crippen LogP contribution in [0.2, 0.25) is 0 Å². The molecular weight excluding hydrogens is 264 g/mol. The fourth-order valence-electron chi connectivity index (χ4n) is 2.38. The number of benzene rings is 1. The van der Waals surface area contributed by atoms with Gasteiger partial charge in [-0.05, 0) is 44.1 Å². The van der Waals surface area contributed by atoms with Gasteiger partial charge in [0.05, 0.1) is 6.42 Å². The molecule has 0 aliphatic carbocycles. The highest BCUT2D eigenvalue weighted by molar-refractivity contribution is 5.67. The molecule has 1 aromatic carbocycles. The lowest BCUT2D eigenvalue weighted by Crippen LogP contribution is -2.36. The Bertz CT molecular complexity index is 429. The van der Waals surface area contributed by atoms with E-state index in [0.717, 1.165) is 31.5 Å². The Labute approximate surface area is 128 Å². The molecule has 1 N–H and O–H groups in total. The number of hydrogen-bond donors (Lipinski definition) is 1. The average Bonchev–Trinajstić information content (AvgIpc) is 2.44. The second kappa shape index (κ2) is 8.67. The lowest BCUT2D eigenvalue weighted by molar-refractivity contribution is -0.138. The molecule has 0 radical (unpaired) electrons. The summed E-state index contributed by atoms with van der Waals surface area (Å²) < 4.78 is 0. The van der Waals surface area contributed by atoms with Gasteiger partial charge in [-0.15, -0.1) is 0 Å². The number of carboxylic acids is 1. The number of unbranched alkanes of at least 4 members (excludes halogenated alkanes) is 1. The largest absolute Gasteiger partial charge is 0.481 e. The van der Waals surface area contributed by atoms with Crippen LogP contribution in [-0.2, 0) is 11.2 Å². The third-order valence-corrected chi connectivity index (χ3v) is 3.82. The normalized spacial score (nSPS) is 12.4. The molecule has 0 fully saturated rings. The van der Waals surface area contributed by atoms with E-state index >= 15 is 0 Å². The van der Waals surface area contributed by atoms with Crippen molar-refractivity contribution in [1.29, 1.82) is 0 Å². The number of hydrogen-bond acceptors (Lipinski definition) is 3. The zero-order valence-electron chi connectivity index (χ0n) is 13.7. The number of anilines is 1. The fraction of sp³-hybridized carbons (Fsp3) is 0.588. The van der Waals surface area contributed by atoms with Gasteiger partial charge < -0.3 is 14.9 Å². The van der Waals surface area contributed by atoms with Crippen LogP contribution in [0.5, 0.6) is 0 Å². The number of aliphatic carboxylic acids is 1. The smallest absolute Gasteiger partial charge is 0.304 e. The molecule has 21 heavy (non-hydrogen) atoms. The van der Waals surface area contributed by atoms with Gasteiger partial charge in [0.25, 0.3) is 0 Å². The Balaban J connectivity index is 2.72. The van der Waals surface area contributed by atoms with Crippen molar-refractivity contribution in [3.05, 3.63) is 29.8 Å². The minimum atomic E-state index is -0.728. The number of carboxylic acid groups (broad SMARTS) is 1. The predicted octanol–water partition coefficient (Wildman–Crippen LogP) is 2.87. The Morgan fingerprint density at radius 2 is 1.81 bits per heavy atom. The van der Waals surface area contributed by atoms with Gasteiger partial charge in [-0.1, -0.05) is 25.5 Å². The van der Waals surface area contributed by atoms with Gasteiger partial charge >= 0.3 is 5.97 Å². The molecule has 1 atom stereocenters. The first-order valence-electron chi connectivity index (χ1n) is 7.62. The van der Waals surface area contributed by atoms with E-state index in [1.54, 1.807) is 0 Å². The van der Waals surface area contributed by atoms with E-state index in [2.05, 4.69) is 41.0 Å². The molecule has 118 valence electrons. The third-order valence-electron chi connectivity index (χ3n) is 3.82. The first kappa shape index (κ1) is 17.5. The van der Waals surface area contributed by atoms with E-state index in [9.17, 15) is 4.79 Å².